The Morgan fingerprint density at radius 1 is 1.44 bits per heavy atom. The summed E-state index contributed by atoms with van der Waals surface area (Å²) in [6.07, 6.45) is 0.358. The van der Waals surface area contributed by atoms with Gasteiger partial charge in [0.05, 0.1) is 5.56 Å². The fraction of sp³-hybridized carbons (Fsp3) is 0.600. The van der Waals surface area contributed by atoms with E-state index in [1.54, 1.807) is 7.05 Å². The third-order valence-corrected chi connectivity index (χ3v) is 1.99. The highest BCUT2D eigenvalue weighted by Crippen LogP contribution is 2.23. The minimum absolute atomic E-state index is 0.238. The molecule has 16 heavy (non-hydrogen) atoms. The first-order chi connectivity index (χ1) is 7.69. The number of anilines is 1. The van der Waals surface area contributed by atoms with E-state index >= 15 is 0 Å². The van der Waals surface area contributed by atoms with E-state index in [0.29, 0.717) is 12.2 Å². The third-order valence-electron chi connectivity index (χ3n) is 1.99. The lowest BCUT2D eigenvalue weighted by atomic mass is 10.2. The highest BCUT2D eigenvalue weighted by Gasteiger charge is 2.12. The van der Waals surface area contributed by atoms with E-state index in [9.17, 15) is 8.78 Å². The normalized spacial score (nSPS) is 10.6. The van der Waals surface area contributed by atoms with Crippen molar-refractivity contribution in [2.24, 2.45) is 0 Å². The Bertz CT molecular complexity index is 334. The van der Waals surface area contributed by atoms with Crippen LogP contribution < -0.4 is 10.1 Å². The van der Waals surface area contributed by atoms with E-state index in [4.69, 9.17) is 4.74 Å². The Hall–Kier alpha value is -1.46. The van der Waals surface area contributed by atoms with E-state index < -0.39 is 13.0 Å². The monoisotopic (exact) mass is 231 g/mol. The van der Waals surface area contributed by atoms with Crippen molar-refractivity contribution >= 4 is 5.82 Å². The van der Waals surface area contributed by atoms with Gasteiger partial charge in [0.2, 0.25) is 5.88 Å². The Morgan fingerprint density at radius 2 is 2.19 bits per heavy atom. The van der Waals surface area contributed by atoms with E-state index in [1.807, 2.05) is 6.92 Å². The molecule has 0 aliphatic carbocycles. The van der Waals surface area contributed by atoms with Crippen molar-refractivity contribution in [3.8, 4) is 5.88 Å². The maximum Gasteiger partial charge on any atom is 0.272 e. The third kappa shape index (κ3) is 3.29. The molecule has 0 aromatic carbocycles. The number of halogens is 2. The van der Waals surface area contributed by atoms with Gasteiger partial charge in [0.15, 0.2) is 6.61 Å². The van der Waals surface area contributed by atoms with Gasteiger partial charge in [-0.05, 0) is 6.42 Å². The standard InChI is InChI=1S/C10H15F2N3O/c1-3-4-7-9(13-2)14-6-15-10(7)16-5-8(11)12/h6,8H,3-5H2,1-2H3,(H,13,14,15). The SMILES string of the molecule is CCCc1c(NC)ncnc1OCC(F)F. The summed E-state index contributed by atoms with van der Waals surface area (Å²) in [6, 6.07) is 0. The van der Waals surface area contributed by atoms with Crippen LogP contribution in [0.4, 0.5) is 14.6 Å². The highest BCUT2D eigenvalue weighted by atomic mass is 19.3. The lowest BCUT2D eigenvalue weighted by Gasteiger charge is -2.12. The summed E-state index contributed by atoms with van der Waals surface area (Å²) < 4.78 is 29.0. The minimum Gasteiger partial charge on any atom is -0.471 e. The molecule has 0 radical (unpaired) electrons. The van der Waals surface area contributed by atoms with Crippen LogP contribution >= 0.6 is 0 Å². The molecule has 0 amide bonds. The molecule has 1 aromatic rings. The second-order valence-electron chi connectivity index (χ2n) is 3.21. The molecule has 1 heterocycles. The molecule has 1 aromatic heterocycles. The van der Waals surface area contributed by atoms with Gasteiger partial charge in [0.1, 0.15) is 12.1 Å². The lowest BCUT2D eigenvalue weighted by Crippen LogP contribution is -2.11. The van der Waals surface area contributed by atoms with Crippen molar-refractivity contribution < 1.29 is 13.5 Å². The zero-order chi connectivity index (χ0) is 12.0. The molecule has 0 spiro atoms. The van der Waals surface area contributed by atoms with Gasteiger partial charge in [0.25, 0.3) is 6.43 Å². The predicted octanol–water partition coefficient (Wildman–Crippen LogP) is 2.11. The largest absolute Gasteiger partial charge is 0.471 e. The van der Waals surface area contributed by atoms with Crippen LogP contribution in [0.3, 0.4) is 0 Å². The van der Waals surface area contributed by atoms with Crippen LogP contribution in [-0.2, 0) is 6.42 Å². The van der Waals surface area contributed by atoms with Crippen LogP contribution in [0, 0.1) is 0 Å². The first-order valence-corrected chi connectivity index (χ1v) is 5.11. The van der Waals surface area contributed by atoms with Gasteiger partial charge in [-0.3, -0.25) is 0 Å². The quantitative estimate of drug-likeness (QED) is 0.814. The first-order valence-electron chi connectivity index (χ1n) is 5.11. The second kappa shape index (κ2) is 6.19. The molecule has 0 saturated heterocycles. The van der Waals surface area contributed by atoms with Crippen LogP contribution in [0.15, 0.2) is 6.33 Å². The zero-order valence-electron chi connectivity index (χ0n) is 9.33. The molecule has 0 atom stereocenters. The van der Waals surface area contributed by atoms with Gasteiger partial charge >= 0.3 is 0 Å². The van der Waals surface area contributed by atoms with Crippen LogP contribution in [0.25, 0.3) is 0 Å². The topological polar surface area (TPSA) is 47.0 Å². The van der Waals surface area contributed by atoms with Crippen molar-refractivity contribution in [3.05, 3.63) is 11.9 Å². The molecule has 0 saturated carbocycles. The molecule has 90 valence electrons. The Morgan fingerprint density at radius 3 is 2.75 bits per heavy atom. The Balaban J connectivity index is 2.88. The smallest absolute Gasteiger partial charge is 0.272 e. The number of hydrogen-bond donors (Lipinski definition) is 1. The van der Waals surface area contributed by atoms with Crippen molar-refractivity contribution in [2.45, 2.75) is 26.2 Å². The Kier molecular flexibility index (Phi) is 4.88. The molecule has 4 nitrogen and oxygen atoms in total. The fourth-order valence-electron chi connectivity index (χ4n) is 1.35. The average Bonchev–Trinajstić information content (AvgIpc) is 2.27. The number of nitrogens with one attached hydrogen (secondary N) is 1. The maximum absolute atomic E-state index is 12.0. The van der Waals surface area contributed by atoms with Crippen molar-refractivity contribution in [1.29, 1.82) is 0 Å². The fourth-order valence-corrected chi connectivity index (χ4v) is 1.35. The molecule has 0 unspecified atom stereocenters. The summed E-state index contributed by atoms with van der Waals surface area (Å²) in [6.45, 7) is 1.35. The molecule has 0 fully saturated rings. The minimum atomic E-state index is -2.50. The molecular formula is C10H15F2N3O. The summed E-state index contributed by atoms with van der Waals surface area (Å²) in [7, 11) is 1.72. The van der Waals surface area contributed by atoms with Gasteiger partial charge in [-0.15, -0.1) is 0 Å². The van der Waals surface area contributed by atoms with Crippen LogP contribution in [0.1, 0.15) is 18.9 Å². The van der Waals surface area contributed by atoms with Crippen LogP contribution in [-0.4, -0.2) is 30.0 Å². The maximum atomic E-state index is 12.0. The van der Waals surface area contributed by atoms with Crippen LogP contribution in [0.2, 0.25) is 0 Å². The number of aromatic nitrogens is 2. The molecular weight excluding hydrogens is 216 g/mol. The summed E-state index contributed by atoms with van der Waals surface area (Å²) in [5, 5.41) is 2.89. The van der Waals surface area contributed by atoms with Crippen molar-refractivity contribution in [3.63, 3.8) is 0 Å². The number of nitrogens with zero attached hydrogens (tertiary/aromatic N) is 2. The predicted molar refractivity (Wildman–Crippen MR) is 57.1 cm³/mol. The Labute approximate surface area is 93.1 Å². The van der Waals surface area contributed by atoms with Gasteiger partial charge in [-0.25, -0.2) is 18.7 Å². The van der Waals surface area contributed by atoms with Crippen molar-refractivity contribution in [1.82, 2.24) is 9.97 Å². The van der Waals surface area contributed by atoms with E-state index in [1.165, 1.54) is 6.33 Å². The lowest BCUT2D eigenvalue weighted by molar-refractivity contribution is 0.0790. The van der Waals surface area contributed by atoms with E-state index in [0.717, 1.165) is 12.0 Å². The summed E-state index contributed by atoms with van der Waals surface area (Å²) in [4.78, 5) is 7.89. The molecule has 0 bridgehead atoms. The second-order valence-corrected chi connectivity index (χ2v) is 3.21. The van der Waals surface area contributed by atoms with Gasteiger partial charge in [-0.1, -0.05) is 13.3 Å². The van der Waals surface area contributed by atoms with Gasteiger partial charge < -0.3 is 10.1 Å². The van der Waals surface area contributed by atoms with E-state index in [-0.39, 0.29) is 5.88 Å². The average molecular weight is 231 g/mol. The first kappa shape index (κ1) is 12.6. The summed E-state index contributed by atoms with van der Waals surface area (Å²) >= 11 is 0. The number of alkyl halides is 2. The number of hydrogen-bond acceptors (Lipinski definition) is 4. The molecule has 1 N–H and O–H groups in total. The zero-order valence-corrected chi connectivity index (χ0v) is 9.33. The van der Waals surface area contributed by atoms with Crippen LogP contribution in [0.5, 0.6) is 5.88 Å². The molecule has 0 aliphatic rings. The number of rotatable bonds is 6. The number of ether oxygens (including phenoxy) is 1. The van der Waals surface area contributed by atoms with Gasteiger partial charge in [0, 0.05) is 7.05 Å². The molecule has 6 heteroatoms. The van der Waals surface area contributed by atoms with E-state index in [2.05, 4.69) is 15.3 Å². The van der Waals surface area contributed by atoms with Crippen molar-refractivity contribution in [2.75, 3.05) is 19.0 Å². The summed E-state index contributed by atoms with van der Waals surface area (Å²) in [5.41, 5.74) is 0.744. The molecule has 0 aliphatic heterocycles. The van der Waals surface area contributed by atoms with Gasteiger partial charge in [-0.2, -0.15) is 0 Å². The molecule has 1 rings (SSSR count). The summed E-state index contributed by atoms with van der Waals surface area (Å²) in [5.74, 6) is 0.864. The highest BCUT2D eigenvalue weighted by molar-refractivity contribution is 5.48.